The number of benzene rings is 2. The number of hydrogen-bond donors (Lipinski definition) is 1. The van der Waals surface area contributed by atoms with Gasteiger partial charge in [0.15, 0.2) is 0 Å². The number of nitrogens with one attached hydrogen (secondary N) is 1. The van der Waals surface area contributed by atoms with Gasteiger partial charge in [0.25, 0.3) is 5.91 Å². The second kappa shape index (κ2) is 6.90. The van der Waals surface area contributed by atoms with Crippen LogP contribution in [-0.2, 0) is 6.42 Å². The van der Waals surface area contributed by atoms with Crippen LogP contribution in [0.15, 0.2) is 46.9 Å². The number of amides is 1. The molecule has 0 bridgehead atoms. The van der Waals surface area contributed by atoms with Gasteiger partial charge in [-0.05, 0) is 56.0 Å². The average molecular weight is 346 g/mol. The molecule has 3 heteroatoms. The van der Waals surface area contributed by atoms with E-state index >= 15 is 0 Å². The van der Waals surface area contributed by atoms with Crippen molar-refractivity contribution in [2.45, 2.75) is 33.2 Å². The number of carbonyl (C=O) groups excluding carboxylic acids is 1. The molecule has 1 N–H and O–H groups in total. The Labute approximate surface area is 134 Å². The molecule has 0 spiro atoms. The minimum atomic E-state index is -0.0186. The van der Waals surface area contributed by atoms with Crippen LogP contribution < -0.4 is 5.32 Å². The highest BCUT2D eigenvalue weighted by atomic mass is 79.9. The molecule has 1 unspecified atom stereocenters. The summed E-state index contributed by atoms with van der Waals surface area (Å²) in [6.45, 7) is 6.09. The predicted octanol–water partition coefficient (Wildman–Crippen LogP) is 4.43. The van der Waals surface area contributed by atoms with Gasteiger partial charge >= 0.3 is 0 Å². The van der Waals surface area contributed by atoms with Crippen LogP contribution in [0.4, 0.5) is 0 Å². The SMILES string of the molecule is Cc1ccccc1CC(C)NC(=O)c1cccc(Br)c1C. The fourth-order valence-electron chi connectivity index (χ4n) is 2.38. The van der Waals surface area contributed by atoms with E-state index in [4.69, 9.17) is 0 Å². The lowest BCUT2D eigenvalue weighted by Crippen LogP contribution is -2.34. The van der Waals surface area contributed by atoms with Crippen molar-refractivity contribution in [1.82, 2.24) is 5.32 Å². The molecule has 2 aromatic rings. The van der Waals surface area contributed by atoms with Crippen molar-refractivity contribution in [2.75, 3.05) is 0 Å². The third kappa shape index (κ3) is 3.94. The number of aryl methyl sites for hydroxylation is 1. The van der Waals surface area contributed by atoms with Gasteiger partial charge in [-0.2, -0.15) is 0 Å². The Bertz CT molecular complexity index is 651. The van der Waals surface area contributed by atoms with Crippen LogP contribution >= 0.6 is 15.9 Å². The molecule has 0 radical (unpaired) electrons. The summed E-state index contributed by atoms with van der Waals surface area (Å²) in [6.07, 6.45) is 0.839. The van der Waals surface area contributed by atoms with Crippen molar-refractivity contribution in [2.24, 2.45) is 0 Å². The Balaban J connectivity index is 2.06. The van der Waals surface area contributed by atoms with E-state index in [0.717, 1.165) is 22.0 Å². The van der Waals surface area contributed by atoms with Crippen molar-refractivity contribution in [3.8, 4) is 0 Å². The Morgan fingerprint density at radius 3 is 2.57 bits per heavy atom. The summed E-state index contributed by atoms with van der Waals surface area (Å²) in [5.74, 6) is -0.0186. The van der Waals surface area contributed by atoms with Crippen molar-refractivity contribution in [3.05, 3.63) is 69.2 Å². The first-order chi connectivity index (χ1) is 9.99. The van der Waals surface area contributed by atoms with E-state index in [0.29, 0.717) is 0 Å². The van der Waals surface area contributed by atoms with E-state index in [9.17, 15) is 4.79 Å². The quantitative estimate of drug-likeness (QED) is 0.872. The lowest BCUT2D eigenvalue weighted by atomic mass is 10.0. The second-order valence-electron chi connectivity index (χ2n) is 5.42. The van der Waals surface area contributed by atoms with Gasteiger partial charge in [-0.25, -0.2) is 0 Å². The fourth-order valence-corrected chi connectivity index (χ4v) is 2.74. The topological polar surface area (TPSA) is 29.1 Å². The Morgan fingerprint density at radius 2 is 1.86 bits per heavy atom. The first-order valence-corrected chi connectivity index (χ1v) is 7.89. The molecule has 0 saturated carbocycles. The lowest BCUT2D eigenvalue weighted by molar-refractivity contribution is 0.0939. The number of rotatable bonds is 4. The van der Waals surface area contributed by atoms with Crippen LogP contribution in [0, 0.1) is 13.8 Å². The maximum Gasteiger partial charge on any atom is 0.251 e. The van der Waals surface area contributed by atoms with E-state index in [2.05, 4.69) is 40.3 Å². The molecule has 0 aromatic heterocycles. The van der Waals surface area contributed by atoms with Gasteiger partial charge in [-0.1, -0.05) is 46.3 Å². The van der Waals surface area contributed by atoms with Gasteiger partial charge in [0.1, 0.15) is 0 Å². The standard InChI is InChI=1S/C18H20BrNO/c1-12-7-4-5-8-15(12)11-13(2)20-18(21)16-9-6-10-17(19)14(16)3/h4-10,13H,11H2,1-3H3,(H,20,21). The Morgan fingerprint density at radius 1 is 1.14 bits per heavy atom. The van der Waals surface area contributed by atoms with Crippen LogP contribution in [0.25, 0.3) is 0 Å². The van der Waals surface area contributed by atoms with Crippen molar-refractivity contribution in [3.63, 3.8) is 0 Å². The molecule has 2 aromatic carbocycles. The van der Waals surface area contributed by atoms with Crippen LogP contribution in [0.5, 0.6) is 0 Å². The normalized spacial score (nSPS) is 12.0. The molecular weight excluding hydrogens is 326 g/mol. The fraction of sp³-hybridized carbons (Fsp3) is 0.278. The molecular formula is C18H20BrNO. The summed E-state index contributed by atoms with van der Waals surface area (Å²) in [6, 6.07) is 14.1. The summed E-state index contributed by atoms with van der Waals surface area (Å²) >= 11 is 3.46. The monoisotopic (exact) mass is 345 g/mol. The number of halogens is 1. The molecule has 0 aliphatic carbocycles. The van der Waals surface area contributed by atoms with Crippen LogP contribution in [0.1, 0.15) is 34.0 Å². The van der Waals surface area contributed by atoms with Crippen LogP contribution in [0.3, 0.4) is 0 Å². The lowest BCUT2D eigenvalue weighted by Gasteiger charge is -2.16. The zero-order valence-electron chi connectivity index (χ0n) is 12.6. The Hall–Kier alpha value is -1.61. The third-order valence-electron chi connectivity index (χ3n) is 3.68. The predicted molar refractivity (Wildman–Crippen MR) is 90.7 cm³/mol. The maximum atomic E-state index is 12.4. The van der Waals surface area contributed by atoms with Crippen LogP contribution in [-0.4, -0.2) is 11.9 Å². The highest BCUT2D eigenvalue weighted by molar-refractivity contribution is 9.10. The van der Waals surface area contributed by atoms with Crippen LogP contribution in [0.2, 0.25) is 0 Å². The second-order valence-corrected chi connectivity index (χ2v) is 6.27. The minimum Gasteiger partial charge on any atom is -0.349 e. The zero-order valence-corrected chi connectivity index (χ0v) is 14.2. The molecule has 0 heterocycles. The summed E-state index contributed by atoms with van der Waals surface area (Å²) in [5, 5.41) is 3.08. The van der Waals surface area contributed by atoms with Gasteiger partial charge in [-0.3, -0.25) is 4.79 Å². The van der Waals surface area contributed by atoms with Gasteiger partial charge < -0.3 is 5.32 Å². The number of carbonyl (C=O) groups is 1. The highest BCUT2D eigenvalue weighted by Crippen LogP contribution is 2.19. The van der Waals surface area contributed by atoms with E-state index < -0.39 is 0 Å². The Kier molecular flexibility index (Phi) is 5.18. The van der Waals surface area contributed by atoms with E-state index in [1.165, 1.54) is 11.1 Å². The molecule has 0 fully saturated rings. The highest BCUT2D eigenvalue weighted by Gasteiger charge is 2.14. The first-order valence-electron chi connectivity index (χ1n) is 7.09. The van der Waals surface area contributed by atoms with Crippen molar-refractivity contribution >= 4 is 21.8 Å². The van der Waals surface area contributed by atoms with Gasteiger partial charge in [0.2, 0.25) is 0 Å². The molecule has 2 nitrogen and oxygen atoms in total. The maximum absolute atomic E-state index is 12.4. The number of hydrogen-bond acceptors (Lipinski definition) is 1. The largest absolute Gasteiger partial charge is 0.349 e. The van der Waals surface area contributed by atoms with Crippen molar-refractivity contribution in [1.29, 1.82) is 0 Å². The molecule has 0 aliphatic heterocycles. The molecule has 0 aliphatic rings. The summed E-state index contributed by atoms with van der Waals surface area (Å²) < 4.78 is 0.960. The van der Waals surface area contributed by atoms with E-state index in [1.807, 2.05) is 44.2 Å². The van der Waals surface area contributed by atoms with E-state index in [-0.39, 0.29) is 11.9 Å². The van der Waals surface area contributed by atoms with E-state index in [1.54, 1.807) is 0 Å². The van der Waals surface area contributed by atoms with Gasteiger partial charge in [0.05, 0.1) is 0 Å². The zero-order chi connectivity index (χ0) is 15.4. The smallest absolute Gasteiger partial charge is 0.251 e. The third-order valence-corrected chi connectivity index (χ3v) is 4.54. The summed E-state index contributed by atoms with van der Waals surface area (Å²) in [7, 11) is 0. The molecule has 0 saturated heterocycles. The van der Waals surface area contributed by atoms with Crippen molar-refractivity contribution < 1.29 is 4.79 Å². The van der Waals surface area contributed by atoms with Gasteiger partial charge in [0, 0.05) is 16.1 Å². The molecule has 110 valence electrons. The minimum absolute atomic E-state index is 0.0186. The summed E-state index contributed by atoms with van der Waals surface area (Å²) in [5.41, 5.74) is 4.23. The average Bonchev–Trinajstić information content (AvgIpc) is 2.44. The van der Waals surface area contributed by atoms with Gasteiger partial charge in [-0.15, -0.1) is 0 Å². The summed E-state index contributed by atoms with van der Waals surface area (Å²) in [4.78, 5) is 12.4. The molecule has 1 atom stereocenters. The first kappa shape index (κ1) is 15.8. The molecule has 1 amide bonds. The molecule has 21 heavy (non-hydrogen) atoms. The molecule has 2 rings (SSSR count).